The van der Waals surface area contributed by atoms with Gasteiger partial charge in [0.05, 0.1) is 18.4 Å². The van der Waals surface area contributed by atoms with Crippen LogP contribution in [0.4, 0.5) is 0 Å². The number of aromatic nitrogens is 5. The maximum Gasteiger partial charge on any atom is 0.273 e. The van der Waals surface area contributed by atoms with Crippen LogP contribution in [0.3, 0.4) is 0 Å². The second-order valence-electron chi connectivity index (χ2n) is 12.6. The van der Waals surface area contributed by atoms with Gasteiger partial charge in [0.1, 0.15) is 0 Å². The minimum absolute atomic E-state index is 0. The van der Waals surface area contributed by atoms with Crippen molar-refractivity contribution >= 4 is 11.8 Å². The molecule has 0 aromatic carbocycles. The first-order chi connectivity index (χ1) is 20.8. The molecule has 2 amide bonds. The number of likely N-dealkylation sites (N-methyl/N-ethyl adjacent to an activating group) is 2. The standard InChI is InChI=1S/C16H24N4O.C14H23N5O.C2H6.2H2/c1-11(15-5-3-4-8-20(15)2)18-16(21)14-9-13(10-17-19-14)12-6-7-12;1-10(13-5-3-4-8-18(13)2)15-14(20)12-9-19(17-16-12)11-6-7-11;1-2;;/h9-12,15H,3-8H2,1-2H3,(H,18,21);9-11,13H,3-8H2,1-2H3,(H,15,20);1-2H3;2*1H. The lowest BCUT2D eigenvalue weighted by Gasteiger charge is -2.36. The molecule has 0 spiro atoms. The van der Waals surface area contributed by atoms with E-state index in [0.717, 1.165) is 44.3 Å². The van der Waals surface area contributed by atoms with Crippen molar-refractivity contribution in [3.05, 3.63) is 35.4 Å². The Kier molecular flexibility index (Phi) is 12.0. The van der Waals surface area contributed by atoms with Crippen LogP contribution in [0, 0.1) is 0 Å². The van der Waals surface area contributed by atoms with Gasteiger partial charge in [-0.3, -0.25) is 9.59 Å². The van der Waals surface area contributed by atoms with E-state index in [1.54, 1.807) is 12.4 Å². The van der Waals surface area contributed by atoms with Crippen LogP contribution in [0.25, 0.3) is 0 Å². The van der Waals surface area contributed by atoms with Crippen molar-refractivity contribution in [3.63, 3.8) is 0 Å². The lowest BCUT2D eigenvalue weighted by molar-refractivity contribution is 0.0871. The molecule has 0 bridgehead atoms. The number of hydrogen-bond donors (Lipinski definition) is 2. The van der Waals surface area contributed by atoms with E-state index in [1.165, 1.54) is 38.5 Å². The fourth-order valence-electron chi connectivity index (χ4n) is 6.25. The lowest BCUT2D eigenvalue weighted by Crippen LogP contribution is -2.50. The van der Waals surface area contributed by atoms with E-state index in [9.17, 15) is 9.59 Å². The topological polar surface area (TPSA) is 121 Å². The monoisotopic (exact) mass is 599 g/mol. The number of rotatable bonds is 8. The number of piperidine rings is 2. The third kappa shape index (κ3) is 9.28. The quantitative estimate of drug-likeness (QED) is 0.448. The molecule has 4 heterocycles. The second-order valence-corrected chi connectivity index (χ2v) is 12.6. The first kappa shape index (κ1) is 33.0. The van der Waals surface area contributed by atoms with Gasteiger partial charge in [0, 0.05) is 27.0 Å². The summed E-state index contributed by atoms with van der Waals surface area (Å²) in [5.41, 5.74) is 2.03. The molecular weight excluding hydrogens is 542 g/mol. The van der Waals surface area contributed by atoms with Crippen LogP contribution in [-0.4, -0.2) is 98.2 Å². The van der Waals surface area contributed by atoms with E-state index in [2.05, 4.69) is 68.9 Å². The average molecular weight is 600 g/mol. The Morgan fingerprint density at radius 3 is 1.88 bits per heavy atom. The molecule has 4 aliphatic rings. The summed E-state index contributed by atoms with van der Waals surface area (Å²) in [5.74, 6) is 0.383. The number of amides is 2. The first-order valence-electron chi connectivity index (χ1n) is 16.6. The fraction of sp³-hybridized carbons (Fsp3) is 0.750. The maximum absolute atomic E-state index is 12.4. The minimum Gasteiger partial charge on any atom is -0.347 e. The predicted molar refractivity (Wildman–Crippen MR) is 172 cm³/mol. The van der Waals surface area contributed by atoms with E-state index in [-0.39, 0.29) is 26.8 Å². The summed E-state index contributed by atoms with van der Waals surface area (Å²) in [5, 5.41) is 22.2. The smallest absolute Gasteiger partial charge is 0.273 e. The zero-order valence-electron chi connectivity index (χ0n) is 27.1. The summed E-state index contributed by atoms with van der Waals surface area (Å²) in [6.45, 7) is 10.4. The van der Waals surface area contributed by atoms with Gasteiger partial charge in [-0.05, 0) is 110 Å². The van der Waals surface area contributed by atoms with E-state index < -0.39 is 0 Å². The molecule has 2 saturated heterocycles. The fourth-order valence-corrected chi connectivity index (χ4v) is 6.25. The molecule has 242 valence electrons. The second kappa shape index (κ2) is 15.7. The molecule has 43 heavy (non-hydrogen) atoms. The summed E-state index contributed by atoms with van der Waals surface area (Å²) in [4.78, 5) is 29.3. The lowest BCUT2D eigenvalue weighted by atomic mass is 9.97. The molecule has 11 heteroatoms. The van der Waals surface area contributed by atoms with Crippen LogP contribution in [0.2, 0.25) is 0 Å². The summed E-state index contributed by atoms with van der Waals surface area (Å²) in [6, 6.07) is 3.48. The van der Waals surface area contributed by atoms with Crippen LogP contribution in [0.1, 0.15) is 133 Å². The van der Waals surface area contributed by atoms with Gasteiger partial charge in [-0.25, -0.2) is 4.68 Å². The molecule has 2 N–H and O–H groups in total. The van der Waals surface area contributed by atoms with Gasteiger partial charge in [0.25, 0.3) is 11.8 Å². The van der Waals surface area contributed by atoms with Crippen molar-refractivity contribution in [3.8, 4) is 0 Å². The Labute approximate surface area is 260 Å². The first-order valence-corrected chi connectivity index (χ1v) is 16.6. The predicted octanol–water partition coefficient (Wildman–Crippen LogP) is 4.69. The Bertz CT molecular complexity index is 1190. The van der Waals surface area contributed by atoms with Gasteiger partial charge >= 0.3 is 0 Å². The molecule has 4 unspecified atom stereocenters. The molecule has 2 aromatic rings. The number of likely N-dealkylation sites (tertiary alicyclic amines) is 2. The Balaban J connectivity index is 0.000000285. The van der Waals surface area contributed by atoms with Gasteiger partial charge in [0.2, 0.25) is 0 Å². The SMILES string of the molecule is CC.CC(NC(=O)c1cc(C2CC2)cnn1)C1CCCCN1C.CC(NC(=O)c1cn(C2CC2)nn1)C1CCCCN1C.[HH].[HH]. The van der Waals surface area contributed by atoms with Gasteiger partial charge < -0.3 is 20.4 Å². The minimum atomic E-state index is -0.108. The number of carbonyl (C=O) groups excluding carboxylic acids is 2. The molecule has 2 aromatic heterocycles. The average Bonchev–Trinajstić information content (AvgIpc) is 3.97. The zero-order chi connectivity index (χ0) is 30.9. The maximum atomic E-state index is 12.4. The van der Waals surface area contributed by atoms with E-state index in [1.807, 2.05) is 24.6 Å². The Morgan fingerprint density at radius 2 is 1.37 bits per heavy atom. The van der Waals surface area contributed by atoms with Crippen molar-refractivity contribution in [2.75, 3.05) is 27.2 Å². The molecular formula is C32H57N9O2. The highest BCUT2D eigenvalue weighted by Crippen LogP contribution is 2.39. The third-order valence-electron chi connectivity index (χ3n) is 9.15. The number of nitrogens with zero attached hydrogens (tertiary/aromatic N) is 7. The zero-order valence-corrected chi connectivity index (χ0v) is 27.1. The van der Waals surface area contributed by atoms with E-state index >= 15 is 0 Å². The van der Waals surface area contributed by atoms with E-state index in [0.29, 0.717) is 35.4 Å². The Morgan fingerprint density at radius 1 is 0.814 bits per heavy atom. The molecule has 11 nitrogen and oxygen atoms in total. The van der Waals surface area contributed by atoms with Gasteiger partial charge in [-0.1, -0.05) is 31.9 Å². The largest absolute Gasteiger partial charge is 0.347 e. The van der Waals surface area contributed by atoms with Gasteiger partial charge in [-0.2, -0.15) is 5.10 Å². The molecule has 6 rings (SSSR count). The summed E-state index contributed by atoms with van der Waals surface area (Å²) in [6.07, 6.45) is 15.5. The number of hydrogen-bond acceptors (Lipinski definition) is 8. The van der Waals surface area contributed by atoms with Crippen LogP contribution in [0.15, 0.2) is 18.5 Å². The van der Waals surface area contributed by atoms with Crippen molar-refractivity contribution in [2.45, 2.75) is 128 Å². The van der Waals surface area contributed by atoms with Crippen molar-refractivity contribution in [1.82, 2.24) is 45.6 Å². The van der Waals surface area contributed by atoms with Crippen LogP contribution < -0.4 is 10.6 Å². The van der Waals surface area contributed by atoms with Gasteiger partial charge in [0.15, 0.2) is 11.4 Å². The summed E-state index contributed by atoms with van der Waals surface area (Å²) < 4.78 is 1.81. The summed E-state index contributed by atoms with van der Waals surface area (Å²) in [7, 11) is 4.27. The van der Waals surface area contributed by atoms with Crippen LogP contribution >= 0.6 is 0 Å². The third-order valence-corrected chi connectivity index (χ3v) is 9.15. The van der Waals surface area contributed by atoms with E-state index in [4.69, 9.17) is 0 Å². The van der Waals surface area contributed by atoms with Crippen LogP contribution in [-0.2, 0) is 0 Å². The van der Waals surface area contributed by atoms with Gasteiger partial charge in [-0.15, -0.1) is 10.2 Å². The Hall–Kier alpha value is -2.92. The molecule has 4 fully saturated rings. The molecule has 2 aliphatic heterocycles. The van der Waals surface area contributed by atoms with Crippen molar-refractivity contribution in [2.24, 2.45) is 0 Å². The highest BCUT2D eigenvalue weighted by atomic mass is 16.2. The van der Waals surface area contributed by atoms with Crippen LogP contribution in [0.5, 0.6) is 0 Å². The normalized spacial score (nSPS) is 24.0. The molecule has 2 saturated carbocycles. The molecule has 2 aliphatic carbocycles. The number of nitrogens with one attached hydrogen (secondary N) is 2. The molecule has 0 radical (unpaired) electrons. The van der Waals surface area contributed by atoms with Crippen molar-refractivity contribution in [1.29, 1.82) is 0 Å². The summed E-state index contributed by atoms with van der Waals surface area (Å²) >= 11 is 0. The highest BCUT2D eigenvalue weighted by Gasteiger charge is 2.30. The highest BCUT2D eigenvalue weighted by molar-refractivity contribution is 5.92. The molecule has 4 atom stereocenters. The number of carbonyl (C=O) groups is 2. The van der Waals surface area contributed by atoms with Crippen molar-refractivity contribution < 1.29 is 12.4 Å².